The van der Waals surface area contributed by atoms with Gasteiger partial charge < -0.3 is 26.8 Å². The normalized spacial score (nSPS) is 34.9. The zero-order chi connectivity index (χ0) is 20.0. The number of halogens is 1. The number of esters is 2. The first kappa shape index (κ1) is 11.9. The third-order valence-corrected chi connectivity index (χ3v) is 4.84. The molecule has 23 heavy (non-hydrogen) atoms. The second-order valence-corrected chi connectivity index (χ2v) is 5.85. The van der Waals surface area contributed by atoms with Gasteiger partial charge in [-0.3, -0.25) is 4.79 Å². The number of benzene rings is 1. The molecule has 0 saturated carbocycles. The summed E-state index contributed by atoms with van der Waals surface area (Å²) in [5, 5.41) is 0. The van der Waals surface area contributed by atoms with Crippen molar-refractivity contribution < 1.29 is 43.2 Å². The molecule has 0 aromatic heterocycles. The Hall–Kier alpha value is -1.59. The van der Waals surface area contributed by atoms with Gasteiger partial charge in [-0.2, -0.15) is 0 Å². The average molecular weight is 345 g/mol. The predicted octanol–water partition coefficient (Wildman–Crippen LogP) is -2.55. The SMILES string of the molecule is [2H]c1c([2H])c([2H])c(C(=O)OC2CC3CCC(C2C(=O)OC)[NH+]3C)c([2H])c1[2H].[Cl-]. The van der Waals surface area contributed by atoms with Crippen molar-refractivity contribution in [2.24, 2.45) is 5.92 Å². The maximum Gasteiger partial charge on any atom is 0.338 e. The van der Waals surface area contributed by atoms with Gasteiger partial charge in [0.15, 0.2) is 0 Å². The molecule has 2 aliphatic heterocycles. The Labute approximate surface area is 149 Å². The molecule has 1 aromatic carbocycles. The highest BCUT2D eigenvalue weighted by atomic mass is 35.5. The van der Waals surface area contributed by atoms with Gasteiger partial charge in [-0.05, 0) is 12.1 Å². The van der Waals surface area contributed by atoms with Crippen LogP contribution in [0.5, 0.6) is 0 Å². The van der Waals surface area contributed by atoms with E-state index in [-0.39, 0.29) is 24.5 Å². The molecular weight excluding hydrogens is 318 g/mol. The summed E-state index contributed by atoms with van der Waals surface area (Å²) < 4.78 is 49.3. The molecule has 1 N–H and O–H groups in total. The molecule has 0 spiro atoms. The molecule has 2 aliphatic rings. The minimum atomic E-state index is -1.01. The van der Waals surface area contributed by atoms with Crippen LogP contribution in [0.4, 0.5) is 0 Å². The highest BCUT2D eigenvalue weighted by Crippen LogP contribution is 2.31. The lowest BCUT2D eigenvalue weighted by atomic mass is 9.87. The third-order valence-electron chi connectivity index (χ3n) is 4.84. The van der Waals surface area contributed by atoms with E-state index in [1.165, 1.54) is 12.0 Å². The number of carbonyl (C=O) groups excluding carboxylic acids is 2. The van der Waals surface area contributed by atoms with Gasteiger partial charge in [0.25, 0.3) is 0 Å². The summed E-state index contributed by atoms with van der Waals surface area (Å²) in [6.45, 7) is 0. The van der Waals surface area contributed by atoms with Crippen LogP contribution in [0.1, 0.15) is 36.5 Å². The highest BCUT2D eigenvalue weighted by molar-refractivity contribution is 5.89. The molecule has 5 atom stereocenters. The number of methoxy groups -OCH3 is 1. The molecule has 0 radical (unpaired) electrons. The van der Waals surface area contributed by atoms with E-state index < -0.39 is 59.7 Å². The molecule has 5 nitrogen and oxygen atoms in total. The van der Waals surface area contributed by atoms with Crippen LogP contribution in [0.25, 0.3) is 0 Å². The fraction of sp³-hybridized carbons (Fsp3) is 0.529. The average Bonchev–Trinajstić information content (AvgIpc) is 2.87. The fourth-order valence-electron chi connectivity index (χ4n) is 3.71. The topological polar surface area (TPSA) is 57.0 Å². The minimum Gasteiger partial charge on any atom is -1.00 e. The molecule has 2 bridgehead atoms. The molecule has 1 aromatic rings. The first-order valence-electron chi connectivity index (χ1n) is 9.88. The molecule has 2 heterocycles. The molecule has 0 amide bonds. The van der Waals surface area contributed by atoms with Crippen LogP contribution in [0, 0.1) is 5.92 Å². The number of rotatable bonds is 3. The second-order valence-electron chi connectivity index (χ2n) is 5.85. The Morgan fingerprint density at radius 2 is 1.96 bits per heavy atom. The monoisotopic (exact) mass is 344 g/mol. The van der Waals surface area contributed by atoms with Crippen LogP contribution >= 0.6 is 0 Å². The molecular formula is C17H22ClNO4. The lowest BCUT2D eigenvalue weighted by Gasteiger charge is -2.38. The summed E-state index contributed by atoms with van der Waals surface area (Å²) in [6.07, 6.45) is 1.45. The van der Waals surface area contributed by atoms with Gasteiger partial charge in [0.1, 0.15) is 18.1 Å². The van der Waals surface area contributed by atoms with Crippen LogP contribution in [0.2, 0.25) is 0 Å². The summed E-state index contributed by atoms with van der Waals surface area (Å²) >= 11 is 0. The maximum absolute atomic E-state index is 12.7. The van der Waals surface area contributed by atoms with E-state index in [2.05, 4.69) is 0 Å². The second kappa shape index (κ2) is 7.32. The molecule has 6 heteroatoms. The number of ether oxygens (including phenoxy) is 2. The zero-order valence-electron chi connectivity index (χ0n) is 17.9. The minimum absolute atomic E-state index is 0. The number of piperidine rings is 1. The standard InChI is InChI=1S/C17H21NO4.ClH/c1-18-12-8-9-13(18)15(17(20)21-2)14(10-12)22-16(19)11-6-4-3-5-7-11;/h3-7,12-15H,8-10H2,1-2H3;1H/i3D,4D,5D,6D,7D;. The Morgan fingerprint density at radius 1 is 1.26 bits per heavy atom. The van der Waals surface area contributed by atoms with Gasteiger partial charge in [0.2, 0.25) is 0 Å². The van der Waals surface area contributed by atoms with Crippen LogP contribution in [0.3, 0.4) is 0 Å². The highest BCUT2D eigenvalue weighted by Gasteiger charge is 2.54. The summed E-state index contributed by atoms with van der Waals surface area (Å²) in [7, 11) is 3.29. The van der Waals surface area contributed by atoms with Crippen molar-refractivity contribution >= 4 is 11.9 Å². The van der Waals surface area contributed by atoms with Crippen molar-refractivity contribution in [3.05, 3.63) is 35.8 Å². The van der Waals surface area contributed by atoms with Gasteiger partial charge in [-0.1, -0.05) is 18.1 Å². The van der Waals surface area contributed by atoms with E-state index in [4.69, 9.17) is 16.3 Å². The first-order chi connectivity index (χ1) is 12.7. The molecule has 2 saturated heterocycles. The molecule has 2 fully saturated rings. The van der Waals surface area contributed by atoms with Crippen molar-refractivity contribution in [2.75, 3.05) is 14.2 Å². The summed E-state index contributed by atoms with van der Waals surface area (Å²) in [5.41, 5.74) is -0.511. The van der Waals surface area contributed by atoms with Gasteiger partial charge in [0.05, 0.1) is 32.6 Å². The Bertz CT molecular complexity index is 779. The predicted molar refractivity (Wildman–Crippen MR) is 79.5 cm³/mol. The summed E-state index contributed by atoms with van der Waals surface area (Å²) in [5.74, 6) is -2.11. The van der Waals surface area contributed by atoms with E-state index >= 15 is 0 Å². The number of quaternary nitrogens is 1. The van der Waals surface area contributed by atoms with Crippen molar-refractivity contribution in [3.8, 4) is 0 Å². The number of hydrogen-bond donors (Lipinski definition) is 1. The Balaban J connectivity index is 0.00000280. The Morgan fingerprint density at radius 3 is 2.61 bits per heavy atom. The maximum atomic E-state index is 12.7. The molecule has 5 unspecified atom stereocenters. The van der Waals surface area contributed by atoms with Gasteiger partial charge >= 0.3 is 11.9 Å². The molecule has 0 aliphatic carbocycles. The lowest BCUT2D eigenvalue weighted by Crippen LogP contribution is -3.16. The lowest BCUT2D eigenvalue weighted by molar-refractivity contribution is -0.926. The van der Waals surface area contributed by atoms with E-state index in [1.54, 1.807) is 0 Å². The fourth-order valence-corrected chi connectivity index (χ4v) is 3.71. The summed E-state index contributed by atoms with van der Waals surface area (Å²) in [4.78, 5) is 26.2. The van der Waals surface area contributed by atoms with E-state index in [0.29, 0.717) is 6.42 Å². The van der Waals surface area contributed by atoms with Crippen molar-refractivity contribution in [2.45, 2.75) is 37.5 Å². The number of nitrogens with one attached hydrogen (secondary N) is 1. The zero-order valence-corrected chi connectivity index (χ0v) is 13.7. The van der Waals surface area contributed by atoms with Gasteiger partial charge in [0, 0.05) is 19.3 Å². The third kappa shape index (κ3) is 3.35. The van der Waals surface area contributed by atoms with E-state index in [1.807, 2.05) is 7.05 Å². The van der Waals surface area contributed by atoms with Crippen molar-refractivity contribution in [1.29, 1.82) is 0 Å². The number of hydrogen-bond acceptors (Lipinski definition) is 4. The van der Waals surface area contributed by atoms with Crippen LogP contribution in [-0.4, -0.2) is 44.3 Å². The summed E-state index contributed by atoms with van der Waals surface area (Å²) in [6, 6.07) is -2.78. The smallest absolute Gasteiger partial charge is 0.338 e. The largest absolute Gasteiger partial charge is 1.00 e. The van der Waals surface area contributed by atoms with Gasteiger partial charge in [-0.25, -0.2) is 4.79 Å². The van der Waals surface area contributed by atoms with Crippen molar-refractivity contribution in [1.82, 2.24) is 0 Å². The quantitative estimate of drug-likeness (QED) is 0.614. The number of fused-ring (bicyclic) bond motifs is 2. The van der Waals surface area contributed by atoms with Crippen LogP contribution < -0.4 is 17.3 Å². The van der Waals surface area contributed by atoms with Crippen LogP contribution in [0.15, 0.2) is 30.2 Å². The van der Waals surface area contributed by atoms with E-state index in [9.17, 15) is 9.59 Å². The molecule has 3 rings (SSSR count). The first-order valence-corrected chi connectivity index (χ1v) is 7.38. The molecule has 126 valence electrons. The van der Waals surface area contributed by atoms with Crippen LogP contribution in [-0.2, 0) is 14.3 Å². The number of carbonyl (C=O) groups is 2. The van der Waals surface area contributed by atoms with Crippen molar-refractivity contribution in [3.63, 3.8) is 0 Å². The van der Waals surface area contributed by atoms with E-state index in [0.717, 1.165) is 12.8 Å². The Kier molecular flexibility index (Phi) is 3.78. The van der Waals surface area contributed by atoms with Gasteiger partial charge in [-0.15, -0.1) is 0 Å².